The van der Waals surface area contributed by atoms with Crippen molar-refractivity contribution in [2.24, 2.45) is 0 Å². The molecule has 1 fully saturated rings. The van der Waals surface area contributed by atoms with E-state index >= 15 is 0 Å². The zero-order valence-corrected chi connectivity index (χ0v) is 12.6. The van der Waals surface area contributed by atoms with Gasteiger partial charge in [0.15, 0.2) is 0 Å². The van der Waals surface area contributed by atoms with E-state index in [9.17, 15) is 0 Å². The molecule has 1 aromatic rings. The molecule has 110 valence electrons. The number of nitrogens with one attached hydrogen (secondary N) is 1. The lowest BCUT2D eigenvalue weighted by Gasteiger charge is -2.22. The molecule has 1 atom stereocenters. The molecule has 0 spiro atoms. The van der Waals surface area contributed by atoms with Gasteiger partial charge in [-0.1, -0.05) is 12.1 Å². The summed E-state index contributed by atoms with van der Waals surface area (Å²) >= 11 is 0. The Labute approximate surface area is 121 Å². The van der Waals surface area contributed by atoms with Crippen molar-refractivity contribution in [3.63, 3.8) is 0 Å². The first-order valence-electron chi connectivity index (χ1n) is 7.75. The third-order valence-corrected chi connectivity index (χ3v) is 4.10. The van der Waals surface area contributed by atoms with Crippen LogP contribution in [0.25, 0.3) is 0 Å². The maximum absolute atomic E-state index is 5.91. The minimum atomic E-state index is -0.0513. The lowest BCUT2D eigenvalue weighted by atomic mass is 10.0. The van der Waals surface area contributed by atoms with Gasteiger partial charge in [-0.15, -0.1) is 0 Å². The van der Waals surface area contributed by atoms with Crippen LogP contribution >= 0.6 is 0 Å². The number of benzene rings is 1. The predicted molar refractivity (Wildman–Crippen MR) is 80.2 cm³/mol. The fourth-order valence-corrected chi connectivity index (χ4v) is 3.12. The molecule has 2 heterocycles. The minimum Gasteiger partial charge on any atom is -0.487 e. The molecule has 20 heavy (non-hydrogen) atoms. The van der Waals surface area contributed by atoms with E-state index in [-0.39, 0.29) is 5.60 Å². The zero-order chi connectivity index (χ0) is 14.0. The van der Waals surface area contributed by atoms with Crippen LogP contribution in [0, 0.1) is 0 Å². The first-order chi connectivity index (χ1) is 9.62. The molecule has 1 saturated heterocycles. The molecule has 3 heteroatoms. The molecule has 0 saturated carbocycles. The Bertz CT molecular complexity index is 464. The summed E-state index contributed by atoms with van der Waals surface area (Å²) in [5.74, 6) is 1.05. The highest BCUT2D eigenvalue weighted by Gasteiger charge is 2.29. The van der Waals surface area contributed by atoms with Gasteiger partial charge < -0.3 is 14.8 Å². The first kappa shape index (κ1) is 13.9. The molecule has 0 radical (unpaired) electrons. The monoisotopic (exact) mass is 275 g/mol. The van der Waals surface area contributed by atoms with Gasteiger partial charge in [-0.2, -0.15) is 0 Å². The van der Waals surface area contributed by atoms with Gasteiger partial charge in [0.05, 0.1) is 6.10 Å². The van der Waals surface area contributed by atoms with Crippen molar-refractivity contribution >= 4 is 0 Å². The van der Waals surface area contributed by atoms with E-state index in [1.807, 2.05) is 0 Å². The molecule has 1 unspecified atom stereocenters. The Hall–Kier alpha value is -1.06. The van der Waals surface area contributed by atoms with Crippen molar-refractivity contribution in [3.8, 4) is 5.75 Å². The molecule has 2 aliphatic rings. The van der Waals surface area contributed by atoms with Gasteiger partial charge in [0, 0.05) is 26.1 Å². The molecule has 0 amide bonds. The Morgan fingerprint density at radius 3 is 3.00 bits per heavy atom. The summed E-state index contributed by atoms with van der Waals surface area (Å²) < 4.78 is 11.6. The number of hydrogen-bond acceptors (Lipinski definition) is 3. The van der Waals surface area contributed by atoms with Crippen LogP contribution in [-0.2, 0) is 17.7 Å². The molecule has 3 rings (SSSR count). The minimum absolute atomic E-state index is 0.0513. The smallest absolute Gasteiger partial charge is 0.123 e. The standard InChI is InChI=1S/C17H25NO2/c1-17(2)10-14-9-13(6-7-16(14)20-17)11-18-12-15-5-3-4-8-19-15/h6-7,9,15,18H,3-5,8,10-12H2,1-2H3. The van der Waals surface area contributed by atoms with Gasteiger partial charge in [0.2, 0.25) is 0 Å². The van der Waals surface area contributed by atoms with Crippen LogP contribution < -0.4 is 10.1 Å². The summed E-state index contributed by atoms with van der Waals surface area (Å²) in [6.45, 7) is 7.08. The predicted octanol–water partition coefficient (Wildman–Crippen LogP) is 3.06. The molecule has 1 aromatic carbocycles. The van der Waals surface area contributed by atoms with Crippen LogP contribution in [0.2, 0.25) is 0 Å². The molecular formula is C17H25NO2. The lowest BCUT2D eigenvalue weighted by Crippen LogP contribution is -2.31. The molecular weight excluding hydrogens is 250 g/mol. The van der Waals surface area contributed by atoms with E-state index < -0.39 is 0 Å². The highest BCUT2D eigenvalue weighted by atomic mass is 16.5. The largest absolute Gasteiger partial charge is 0.487 e. The van der Waals surface area contributed by atoms with Gasteiger partial charge in [-0.25, -0.2) is 0 Å². The second-order valence-corrected chi connectivity index (χ2v) is 6.60. The number of fused-ring (bicyclic) bond motifs is 1. The summed E-state index contributed by atoms with van der Waals surface area (Å²) in [5.41, 5.74) is 2.62. The second-order valence-electron chi connectivity index (χ2n) is 6.60. The third-order valence-electron chi connectivity index (χ3n) is 4.10. The fraction of sp³-hybridized carbons (Fsp3) is 0.647. The van der Waals surface area contributed by atoms with Crippen LogP contribution in [0.5, 0.6) is 5.75 Å². The number of rotatable bonds is 4. The number of ether oxygens (including phenoxy) is 2. The second kappa shape index (κ2) is 5.74. The van der Waals surface area contributed by atoms with Gasteiger partial charge in [-0.3, -0.25) is 0 Å². The van der Waals surface area contributed by atoms with Crippen LogP contribution in [0.15, 0.2) is 18.2 Å². The van der Waals surface area contributed by atoms with Crippen LogP contribution in [0.3, 0.4) is 0 Å². The summed E-state index contributed by atoms with van der Waals surface area (Å²) in [4.78, 5) is 0. The Balaban J connectivity index is 1.51. The maximum Gasteiger partial charge on any atom is 0.123 e. The normalized spacial score (nSPS) is 24.2. The first-order valence-corrected chi connectivity index (χ1v) is 7.75. The average Bonchev–Trinajstić information content (AvgIpc) is 2.73. The molecule has 1 N–H and O–H groups in total. The molecule has 0 aromatic heterocycles. The maximum atomic E-state index is 5.91. The topological polar surface area (TPSA) is 30.5 Å². The van der Waals surface area contributed by atoms with E-state index in [0.29, 0.717) is 6.10 Å². The van der Waals surface area contributed by atoms with Gasteiger partial charge >= 0.3 is 0 Å². The highest BCUT2D eigenvalue weighted by molar-refractivity contribution is 5.41. The van der Waals surface area contributed by atoms with Gasteiger partial charge in [0.1, 0.15) is 11.4 Å². The third kappa shape index (κ3) is 3.33. The van der Waals surface area contributed by atoms with E-state index in [4.69, 9.17) is 9.47 Å². The average molecular weight is 275 g/mol. The molecule has 2 aliphatic heterocycles. The van der Waals surface area contributed by atoms with E-state index in [1.54, 1.807) is 0 Å². The van der Waals surface area contributed by atoms with E-state index in [2.05, 4.69) is 37.4 Å². The molecule has 0 bridgehead atoms. The Kier molecular flexibility index (Phi) is 3.99. The van der Waals surface area contributed by atoms with Crippen LogP contribution in [0.4, 0.5) is 0 Å². The molecule has 0 aliphatic carbocycles. The summed E-state index contributed by atoms with van der Waals surface area (Å²) in [7, 11) is 0. The number of hydrogen-bond donors (Lipinski definition) is 1. The summed E-state index contributed by atoms with van der Waals surface area (Å²) in [6, 6.07) is 6.55. The quantitative estimate of drug-likeness (QED) is 0.916. The van der Waals surface area contributed by atoms with Crippen molar-refractivity contribution in [1.82, 2.24) is 5.32 Å². The van der Waals surface area contributed by atoms with E-state index in [0.717, 1.165) is 31.9 Å². The van der Waals surface area contributed by atoms with Crippen LogP contribution in [0.1, 0.15) is 44.2 Å². The van der Waals surface area contributed by atoms with Crippen LogP contribution in [-0.4, -0.2) is 24.9 Å². The van der Waals surface area contributed by atoms with Crippen molar-refractivity contribution in [2.45, 2.75) is 57.8 Å². The highest BCUT2D eigenvalue weighted by Crippen LogP contribution is 2.35. The van der Waals surface area contributed by atoms with Gasteiger partial charge in [-0.05, 0) is 50.3 Å². The van der Waals surface area contributed by atoms with Crippen molar-refractivity contribution in [2.75, 3.05) is 13.2 Å². The molecule has 3 nitrogen and oxygen atoms in total. The van der Waals surface area contributed by atoms with E-state index in [1.165, 1.54) is 30.4 Å². The SMILES string of the molecule is CC1(C)Cc2cc(CNCC3CCCCO3)ccc2O1. The Morgan fingerprint density at radius 1 is 1.30 bits per heavy atom. The van der Waals surface area contributed by atoms with Gasteiger partial charge in [0.25, 0.3) is 0 Å². The summed E-state index contributed by atoms with van der Waals surface area (Å²) in [6.07, 6.45) is 5.12. The van der Waals surface area contributed by atoms with Crippen molar-refractivity contribution < 1.29 is 9.47 Å². The zero-order valence-electron chi connectivity index (χ0n) is 12.6. The van der Waals surface area contributed by atoms with Crippen molar-refractivity contribution in [1.29, 1.82) is 0 Å². The fourth-order valence-electron chi connectivity index (χ4n) is 3.12. The van der Waals surface area contributed by atoms with Crippen molar-refractivity contribution in [3.05, 3.63) is 29.3 Å². The Morgan fingerprint density at radius 2 is 2.20 bits per heavy atom. The summed E-state index contributed by atoms with van der Waals surface area (Å²) in [5, 5.41) is 3.52. The lowest BCUT2D eigenvalue weighted by molar-refractivity contribution is 0.0168.